The fourth-order valence-electron chi connectivity index (χ4n) is 2.69. The van der Waals surface area contributed by atoms with Crippen LogP contribution in [-0.2, 0) is 11.2 Å². The van der Waals surface area contributed by atoms with Gasteiger partial charge in [0, 0.05) is 24.5 Å². The summed E-state index contributed by atoms with van der Waals surface area (Å²) in [6.45, 7) is 11.1. The Hall–Kier alpha value is -1.30. The van der Waals surface area contributed by atoms with Crippen molar-refractivity contribution in [2.45, 2.75) is 53.1 Å². The van der Waals surface area contributed by atoms with E-state index in [0.29, 0.717) is 5.92 Å². The van der Waals surface area contributed by atoms with Crippen LogP contribution in [0.15, 0.2) is 6.07 Å². The van der Waals surface area contributed by atoms with Crippen molar-refractivity contribution in [1.29, 1.82) is 0 Å². The standard InChI is InChI=1S/C16H25N3O2.H2S/c1-11-8-14(18-12(2)17-11)9-13-6-7-19(10-13)15(20)21-16(3,4)5;/h8,13H,6-7,9-10H2,1-5H3;1H2/t13-;/m0./s1. The maximum absolute atomic E-state index is 12.0. The van der Waals surface area contributed by atoms with Crippen molar-refractivity contribution in [2.24, 2.45) is 5.92 Å². The summed E-state index contributed by atoms with van der Waals surface area (Å²) in [5, 5.41) is 0. The number of amides is 1. The number of likely N-dealkylation sites (tertiary alicyclic amines) is 1. The Morgan fingerprint density at radius 1 is 1.36 bits per heavy atom. The van der Waals surface area contributed by atoms with E-state index in [0.717, 1.165) is 43.1 Å². The fraction of sp³-hybridized carbons (Fsp3) is 0.688. The van der Waals surface area contributed by atoms with E-state index in [1.165, 1.54) is 0 Å². The first-order chi connectivity index (χ1) is 9.73. The number of nitrogens with zero attached hydrogens (tertiary/aromatic N) is 3. The molecule has 1 aromatic heterocycles. The van der Waals surface area contributed by atoms with Crippen molar-refractivity contribution in [2.75, 3.05) is 13.1 Å². The maximum Gasteiger partial charge on any atom is 0.410 e. The highest BCUT2D eigenvalue weighted by Crippen LogP contribution is 2.22. The van der Waals surface area contributed by atoms with Gasteiger partial charge >= 0.3 is 6.09 Å². The molecule has 2 heterocycles. The summed E-state index contributed by atoms with van der Waals surface area (Å²) in [7, 11) is 0. The third-order valence-electron chi connectivity index (χ3n) is 3.45. The van der Waals surface area contributed by atoms with E-state index < -0.39 is 5.60 Å². The third kappa shape index (κ3) is 5.48. The van der Waals surface area contributed by atoms with Gasteiger partial charge in [0.15, 0.2) is 0 Å². The van der Waals surface area contributed by atoms with Gasteiger partial charge in [-0.3, -0.25) is 0 Å². The molecule has 1 aliphatic rings. The molecule has 0 spiro atoms. The highest BCUT2D eigenvalue weighted by molar-refractivity contribution is 7.59. The van der Waals surface area contributed by atoms with Crippen molar-refractivity contribution in [3.63, 3.8) is 0 Å². The molecule has 1 aliphatic heterocycles. The predicted octanol–water partition coefficient (Wildman–Crippen LogP) is 3.01. The average molecular weight is 325 g/mol. The summed E-state index contributed by atoms with van der Waals surface area (Å²) >= 11 is 0. The van der Waals surface area contributed by atoms with E-state index >= 15 is 0 Å². The van der Waals surface area contributed by atoms with Gasteiger partial charge in [0.05, 0.1) is 0 Å². The number of aromatic nitrogens is 2. The van der Waals surface area contributed by atoms with Crippen LogP contribution in [0.1, 0.15) is 44.4 Å². The minimum atomic E-state index is -0.434. The Morgan fingerprint density at radius 2 is 2.05 bits per heavy atom. The molecule has 124 valence electrons. The Kier molecular flexibility index (Phi) is 6.23. The first-order valence-corrected chi connectivity index (χ1v) is 7.52. The zero-order valence-corrected chi connectivity index (χ0v) is 15.1. The highest BCUT2D eigenvalue weighted by atomic mass is 32.1. The van der Waals surface area contributed by atoms with E-state index in [1.54, 1.807) is 4.90 Å². The largest absolute Gasteiger partial charge is 0.444 e. The molecule has 1 saturated heterocycles. The lowest BCUT2D eigenvalue weighted by atomic mass is 10.0. The van der Waals surface area contributed by atoms with Crippen LogP contribution < -0.4 is 0 Å². The Morgan fingerprint density at radius 3 is 2.64 bits per heavy atom. The van der Waals surface area contributed by atoms with Crippen LogP contribution in [0.3, 0.4) is 0 Å². The van der Waals surface area contributed by atoms with Gasteiger partial charge in [0.2, 0.25) is 0 Å². The molecule has 1 aromatic rings. The summed E-state index contributed by atoms with van der Waals surface area (Å²) in [6, 6.07) is 2.03. The summed E-state index contributed by atoms with van der Waals surface area (Å²) in [6.07, 6.45) is 1.69. The molecule has 0 saturated carbocycles. The normalized spacial score (nSPS) is 18.0. The van der Waals surface area contributed by atoms with Gasteiger partial charge < -0.3 is 9.64 Å². The van der Waals surface area contributed by atoms with Gasteiger partial charge in [0.1, 0.15) is 11.4 Å². The number of carbonyl (C=O) groups is 1. The van der Waals surface area contributed by atoms with Gasteiger partial charge in [-0.25, -0.2) is 14.8 Å². The number of carbonyl (C=O) groups excluding carboxylic acids is 1. The average Bonchev–Trinajstić information content (AvgIpc) is 2.73. The number of rotatable bonds is 2. The van der Waals surface area contributed by atoms with Crippen LogP contribution in [0.25, 0.3) is 0 Å². The quantitative estimate of drug-likeness (QED) is 0.839. The van der Waals surface area contributed by atoms with Gasteiger partial charge in [-0.15, -0.1) is 0 Å². The summed E-state index contributed by atoms with van der Waals surface area (Å²) < 4.78 is 5.42. The van der Waals surface area contributed by atoms with Crippen molar-refractivity contribution < 1.29 is 9.53 Å². The zero-order chi connectivity index (χ0) is 15.6. The molecular weight excluding hydrogens is 298 g/mol. The number of ether oxygens (including phenoxy) is 1. The first kappa shape index (κ1) is 18.7. The molecule has 0 aliphatic carbocycles. The summed E-state index contributed by atoms with van der Waals surface area (Å²) in [5.41, 5.74) is 1.63. The van der Waals surface area contributed by atoms with Crippen LogP contribution >= 0.6 is 13.5 Å². The third-order valence-corrected chi connectivity index (χ3v) is 3.45. The van der Waals surface area contributed by atoms with E-state index in [1.807, 2.05) is 40.7 Å². The smallest absolute Gasteiger partial charge is 0.410 e. The highest BCUT2D eigenvalue weighted by Gasteiger charge is 2.30. The summed E-state index contributed by atoms with van der Waals surface area (Å²) in [4.78, 5) is 22.6. The Bertz CT molecular complexity index is 508. The Balaban J connectivity index is 0.00000242. The molecule has 0 N–H and O–H groups in total. The minimum absolute atomic E-state index is 0. The molecule has 6 heteroatoms. The molecule has 1 fully saturated rings. The second-order valence-electron chi connectivity index (χ2n) is 6.83. The topological polar surface area (TPSA) is 55.3 Å². The predicted molar refractivity (Wildman–Crippen MR) is 91.5 cm³/mol. The van der Waals surface area contributed by atoms with Crippen LogP contribution in [0.2, 0.25) is 0 Å². The van der Waals surface area contributed by atoms with E-state index in [9.17, 15) is 4.79 Å². The van der Waals surface area contributed by atoms with Crippen LogP contribution in [0.5, 0.6) is 0 Å². The SMILES string of the molecule is Cc1cc(C[C@@H]2CCN(C(=O)OC(C)(C)C)C2)nc(C)n1.S. The van der Waals surface area contributed by atoms with Crippen LogP contribution in [0, 0.1) is 19.8 Å². The lowest BCUT2D eigenvalue weighted by molar-refractivity contribution is 0.0288. The monoisotopic (exact) mass is 325 g/mol. The van der Waals surface area contributed by atoms with Crippen molar-refractivity contribution in [3.05, 3.63) is 23.3 Å². The minimum Gasteiger partial charge on any atom is -0.444 e. The Labute approximate surface area is 139 Å². The second-order valence-corrected chi connectivity index (χ2v) is 6.83. The van der Waals surface area contributed by atoms with E-state index in [2.05, 4.69) is 9.97 Å². The van der Waals surface area contributed by atoms with Crippen LogP contribution in [0.4, 0.5) is 4.79 Å². The molecule has 1 atom stereocenters. The molecule has 5 nitrogen and oxygen atoms in total. The van der Waals surface area contributed by atoms with Gasteiger partial charge in [-0.2, -0.15) is 13.5 Å². The molecule has 2 rings (SSSR count). The number of hydrogen-bond acceptors (Lipinski definition) is 4. The molecule has 0 radical (unpaired) electrons. The maximum atomic E-state index is 12.0. The van der Waals surface area contributed by atoms with Gasteiger partial charge in [0.25, 0.3) is 0 Å². The molecule has 0 aromatic carbocycles. The number of aryl methyl sites for hydroxylation is 2. The lowest BCUT2D eigenvalue weighted by Crippen LogP contribution is -2.35. The van der Waals surface area contributed by atoms with Gasteiger partial charge in [-0.1, -0.05) is 0 Å². The molecule has 0 unspecified atom stereocenters. The molecule has 22 heavy (non-hydrogen) atoms. The summed E-state index contributed by atoms with van der Waals surface area (Å²) in [5.74, 6) is 1.26. The van der Waals surface area contributed by atoms with E-state index in [4.69, 9.17) is 4.74 Å². The van der Waals surface area contributed by atoms with Crippen molar-refractivity contribution >= 4 is 19.6 Å². The molecular formula is C16H27N3O2S. The molecule has 0 bridgehead atoms. The first-order valence-electron chi connectivity index (χ1n) is 7.52. The zero-order valence-electron chi connectivity index (χ0n) is 14.1. The van der Waals surface area contributed by atoms with E-state index in [-0.39, 0.29) is 19.6 Å². The van der Waals surface area contributed by atoms with Crippen molar-refractivity contribution in [1.82, 2.24) is 14.9 Å². The van der Waals surface area contributed by atoms with Crippen molar-refractivity contribution in [3.8, 4) is 0 Å². The number of hydrogen-bond donors (Lipinski definition) is 0. The van der Waals surface area contributed by atoms with Gasteiger partial charge in [-0.05, 0) is 59.4 Å². The lowest BCUT2D eigenvalue weighted by Gasteiger charge is -2.24. The van der Waals surface area contributed by atoms with Crippen LogP contribution in [-0.4, -0.2) is 39.7 Å². The molecule has 1 amide bonds. The second kappa shape index (κ2) is 7.31. The fourth-order valence-corrected chi connectivity index (χ4v) is 2.69.